The van der Waals surface area contributed by atoms with E-state index in [1.54, 1.807) is 6.20 Å². The van der Waals surface area contributed by atoms with Gasteiger partial charge in [0.25, 0.3) is 5.91 Å². The minimum Gasteiger partial charge on any atom is -0.265 e. The van der Waals surface area contributed by atoms with E-state index in [-0.39, 0.29) is 5.91 Å². The molecule has 0 saturated carbocycles. The summed E-state index contributed by atoms with van der Waals surface area (Å²) in [5.74, 6) is -0.0185. The van der Waals surface area contributed by atoms with Crippen molar-refractivity contribution in [2.75, 3.05) is 14.1 Å². The molecular weight excluding hydrogens is 104 g/mol. The Morgan fingerprint density at radius 3 is 2.38 bits per heavy atom. The second-order valence-corrected chi connectivity index (χ2v) is 2.33. The number of nitrogens with zero attached hydrogens (tertiary/aromatic N) is 1. The van der Waals surface area contributed by atoms with Crippen molar-refractivity contribution in [3.63, 3.8) is 0 Å². The van der Waals surface area contributed by atoms with Gasteiger partial charge >= 0.3 is 0 Å². The van der Waals surface area contributed by atoms with Gasteiger partial charge in [-0.05, 0) is 0 Å². The summed E-state index contributed by atoms with van der Waals surface area (Å²) in [5.41, 5.74) is 2.68. The van der Waals surface area contributed by atoms with Gasteiger partial charge in [-0.15, -0.1) is 0 Å². The highest BCUT2D eigenvalue weighted by atomic mass is 16.2. The van der Waals surface area contributed by atoms with E-state index in [1.807, 2.05) is 14.1 Å². The van der Waals surface area contributed by atoms with Gasteiger partial charge < -0.3 is 0 Å². The number of hydrogen-bond acceptors (Lipinski definition) is 1. The first-order valence-electron chi connectivity index (χ1n) is 2.45. The Bertz CT molecular complexity index is 149. The average Bonchev–Trinajstić information content (AvgIpc) is 1.82. The summed E-state index contributed by atoms with van der Waals surface area (Å²) in [6, 6.07) is 0. The summed E-state index contributed by atoms with van der Waals surface area (Å²) in [6.07, 6.45) is 3.32. The Balaban J connectivity index is 2.72. The molecule has 0 radical (unpaired) electrons. The summed E-state index contributed by atoms with van der Waals surface area (Å²) in [7, 11) is 3.78. The number of carbonyl (C=O) groups is 1. The summed E-state index contributed by atoms with van der Waals surface area (Å²) in [6.45, 7) is 0. The standard InChI is InChI=1S/C5H8N2O/c1-7(2)4-3-5(8)6-7/h3-4H,1-2H3/p+1. The fourth-order valence-electron chi connectivity index (χ4n) is 0.613. The summed E-state index contributed by atoms with van der Waals surface area (Å²) in [4.78, 5) is 10.4. The van der Waals surface area contributed by atoms with Gasteiger partial charge in [0.15, 0.2) is 0 Å². The molecule has 0 fully saturated rings. The van der Waals surface area contributed by atoms with E-state index in [1.165, 1.54) is 6.08 Å². The third kappa shape index (κ3) is 0.869. The maximum Gasteiger partial charge on any atom is 0.294 e. The van der Waals surface area contributed by atoms with Gasteiger partial charge in [0.2, 0.25) is 0 Å². The molecule has 0 bridgehead atoms. The van der Waals surface area contributed by atoms with Crippen LogP contribution in [0.1, 0.15) is 0 Å². The smallest absolute Gasteiger partial charge is 0.265 e. The highest BCUT2D eigenvalue weighted by Gasteiger charge is 2.20. The topological polar surface area (TPSA) is 29.1 Å². The molecule has 0 aromatic carbocycles. The molecule has 0 aliphatic carbocycles. The van der Waals surface area contributed by atoms with Crippen molar-refractivity contribution >= 4 is 5.91 Å². The molecule has 0 aromatic heterocycles. The summed E-state index contributed by atoms with van der Waals surface area (Å²) >= 11 is 0. The van der Waals surface area contributed by atoms with Crippen molar-refractivity contribution in [1.29, 1.82) is 0 Å². The molecule has 0 atom stereocenters. The van der Waals surface area contributed by atoms with Gasteiger partial charge in [0.05, 0.1) is 20.2 Å². The quantitative estimate of drug-likeness (QED) is 0.426. The van der Waals surface area contributed by atoms with Gasteiger partial charge in [0, 0.05) is 0 Å². The van der Waals surface area contributed by atoms with Crippen LogP contribution in [-0.2, 0) is 4.79 Å². The van der Waals surface area contributed by atoms with Crippen molar-refractivity contribution in [3.05, 3.63) is 12.3 Å². The van der Waals surface area contributed by atoms with E-state index in [9.17, 15) is 4.79 Å². The van der Waals surface area contributed by atoms with Crippen molar-refractivity contribution in [3.8, 4) is 0 Å². The van der Waals surface area contributed by atoms with Crippen molar-refractivity contribution in [2.24, 2.45) is 0 Å². The van der Waals surface area contributed by atoms with Crippen LogP contribution in [0.3, 0.4) is 0 Å². The van der Waals surface area contributed by atoms with Crippen LogP contribution >= 0.6 is 0 Å². The molecule has 1 heterocycles. The third-order valence-electron chi connectivity index (χ3n) is 0.997. The lowest BCUT2D eigenvalue weighted by Gasteiger charge is -2.17. The minimum absolute atomic E-state index is 0.0185. The molecule has 1 aliphatic rings. The Morgan fingerprint density at radius 1 is 1.62 bits per heavy atom. The van der Waals surface area contributed by atoms with Gasteiger partial charge in [-0.25, -0.2) is 0 Å². The molecule has 8 heavy (non-hydrogen) atoms. The first-order valence-corrected chi connectivity index (χ1v) is 2.45. The normalized spacial score (nSPS) is 23.5. The van der Waals surface area contributed by atoms with Crippen LogP contribution in [0.15, 0.2) is 12.3 Å². The van der Waals surface area contributed by atoms with E-state index >= 15 is 0 Å². The molecule has 1 amide bonds. The fourth-order valence-corrected chi connectivity index (χ4v) is 0.613. The first-order chi connectivity index (χ1) is 3.60. The second kappa shape index (κ2) is 1.32. The SMILES string of the molecule is C[N+]1(C)C=CC(=O)N1. The zero-order chi connectivity index (χ0) is 6.20. The van der Waals surface area contributed by atoms with Gasteiger partial charge in [-0.2, -0.15) is 10.0 Å². The number of hydrogen-bond donors (Lipinski definition) is 1. The molecule has 0 unspecified atom stereocenters. The number of amides is 1. The lowest BCUT2D eigenvalue weighted by molar-refractivity contribution is -0.871. The zero-order valence-electron chi connectivity index (χ0n) is 5.01. The zero-order valence-corrected chi connectivity index (χ0v) is 5.01. The Labute approximate surface area is 48.2 Å². The van der Waals surface area contributed by atoms with E-state index in [2.05, 4.69) is 5.43 Å². The van der Waals surface area contributed by atoms with E-state index < -0.39 is 0 Å². The van der Waals surface area contributed by atoms with Crippen LogP contribution in [0, 0.1) is 0 Å². The van der Waals surface area contributed by atoms with E-state index in [4.69, 9.17) is 0 Å². The van der Waals surface area contributed by atoms with Crippen LogP contribution in [-0.4, -0.2) is 24.6 Å². The van der Waals surface area contributed by atoms with Crippen LogP contribution in [0.4, 0.5) is 0 Å². The Kier molecular flexibility index (Phi) is 0.877. The molecule has 0 aromatic rings. The first kappa shape index (κ1) is 5.31. The number of carbonyl (C=O) groups excluding carboxylic acids is 1. The molecule has 1 aliphatic heterocycles. The summed E-state index contributed by atoms with van der Waals surface area (Å²) < 4.78 is 0.457. The predicted octanol–water partition coefficient (Wildman–Crippen LogP) is -0.379. The molecule has 0 saturated heterocycles. The fraction of sp³-hybridized carbons (Fsp3) is 0.400. The lowest BCUT2D eigenvalue weighted by atomic mass is 10.6. The van der Waals surface area contributed by atoms with Crippen LogP contribution in [0.25, 0.3) is 0 Å². The summed E-state index contributed by atoms with van der Waals surface area (Å²) in [5, 5.41) is 0. The Hall–Kier alpha value is -0.830. The van der Waals surface area contributed by atoms with Gasteiger partial charge in [-0.3, -0.25) is 4.79 Å². The monoisotopic (exact) mass is 113 g/mol. The third-order valence-corrected chi connectivity index (χ3v) is 0.997. The largest absolute Gasteiger partial charge is 0.294 e. The highest BCUT2D eigenvalue weighted by molar-refractivity contribution is 5.87. The van der Waals surface area contributed by atoms with Crippen LogP contribution < -0.4 is 5.43 Å². The number of quaternary nitrogens is 1. The minimum atomic E-state index is -0.0185. The Morgan fingerprint density at radius 2 is 2.25 bits per heavy atom. The highest BCUT2D eigenvalue weighted by Crippen LogP contribution is 1.98. The molecule has 3 heteroatoms. The molecular formula is C5H9N2O+. The van der Waals surface area contributed by atoms with E-state index in [0.717, 1.165) is 0 Å². The van der Waals surface area contributed by atoms with Crippen molar-refractivity contribution in [1.82, 2.24) is 5.43 Å². The van der Waals surface area contributed by atoms with Gasteiger partial charge in [0.1, 0.15) is 6.20 Å². The van der Waals surface area contributed by atoms with Crippen LogP contribution in [0.5, 0.6) is 0 Å². The molecule has 44 valence electrons. The number of rotatable bonds is 0. The van der Waals surface area contributed by atoms with E-state index in [0.29, 0.717) is 4.59 Å². The van der Waals surface area contributed by atoms with Gasteiger partial charge in [-0.1, -0.05) is 0 Å². The molecule has 1 rings (SSSR count). The number of nitrogens with one attached hydrogen (secondary N) is 1. The average molecular weight is 113 g/mol. The van der Waals surface area contributed by atoms with Crippen molar-refractivity contribution < 1.29 is 9.39 Å². The predicted molar refractivity (Wildman–Crippen MR) is 29.4 cm³/mol. The van der Waals surface area contributed by atoms with Crippen molar-refractivity contribution in [2.45, 2.75) is 0 Å². The lowest BCUT2D eigenvalue weighted by Crippen LogP contribution is -2.44. The molecule has 0 spiro atoms. The second-order valence-electron chi connectivity index (χ2n) is 2.33. The molecule has 3 nitrogen and oxygen atoms in total. The van der Waals surface area contributed by atoms with Crippen LogP contribution in [0.2, 0.25) is 0 Å². The maximum absolute atomic E-state index is 10.4. The molecule has 1 N–H and O–H groups in total. The maximum atomic E-state index is 10.4.